The van der Waals surface area contributed by atoms with Crippen LogP contribution in [0.3, 0.4) is 0 Å². The van der Waals surface area contributed by atoms with Crippen LogP contribution in [-0.2, 0) is 4.79 Å². The quantitative estimate of drug-likeness (QED) is 0.881. The van der Waals surface area contributed by atoms with Crippen LogP contribution >= 0.6 is 0 Å². The number of amides is 1. The standard InChI is InChI=1S/C19H20N2O2/c1-14-4-8-16(9-5-14)20-19(23)18-3-2-12-21(18)17-10-6-15(13-22)7-11-17/h4-11,13,18H,2-3,12H2,1H3,(H,20,23). The van der Waals surface area contributed by atoms with Crippen LogP contribution < -0.4 is 10.2 Å². The summed E-state index contributed by atoms with van der Waals surface area (Å²) >= 11 is 0. The zero-order chi connectivity index (χ0) is 16.2. The van der Waals surface area contributed by atoms with Crippen LogP contribution in [0.5, 0.6) is 0 Å². The van der Waals surface area contributed by atoms with Gasteiger partial charge in [0.25, 0.3) is 0 Å². The molecular formula is C19H20N2O2. The first-order chi connectivity index (χ1) is 11.2. The lowest BCUT2D eigenvalue weighted by molar-refractivity contribution is -0.117. The number of nitrogens with zero attached hydrogens (tertiary/aromatic N) is 1. The zero-order valence-electron chi connectivity index (χ0n) is 13.2. The van der Waals surface area contributed by atoms with E-state index in [0.717, 1.165) is 37.0 Å². The van der Waals surface area contributed by atoms with E-state index in [0.29, 0.717) is 5.56 Å². The van der Waals surface area contributed by atoms with Gasteiger partial charge < -0.3 is 10.2 Å². The minimum absolute atomic E-state index is 0.0193. The highest BCUT2D eigenvalue weighted by Crippen LogP contribution is 2.26. The van der Waals surface area contributed by atoms with Gasteiger partial charge >= 0.3 is 0 Å². The van der Waals surface area contributed by atoms with Crippen LogP contribution in [0.25, 0.3) is 0 Å². The third-order valence-electron chi connectivity index (χ3n) is 4.24. The average Bonchev–Trinajstić information content (AvgIpc) is 3.07. The second kappa shape index (κ2) is 6.65. The summed E-state index contributed by atoms with van der Waals surface area (Å²) in [5.74, 6) is 0.0193. The van der Waals surface area contributed by atoms with Gasteiger partial charge in [0, 0.05) is 23.5 Å². The van der Waals surface area contributed by atoms with Crippen molar-refractivity contribution in [1.82, 2.24) is 0 Å². The van der Waals surface area contributed by atoms with Crippen molar-refractivity contribution in [3.05, 3.63) is 59.7 Å². The Bertz CT molecular complexity index is 692. The molecule has 1 N–H and O–H groups in total. The van der Waals surface area contributed by atoms with Gasteiger partial charge in [-0.2, -0.15) is 0 Å². The summed E-state index contributed by atoms with van der Waals surface area (Å²) in [7, 11) is 0. The molecule has 23 heavy (non-hydrogen) atoms. The SMILES string of the molecule is Cc1ccc(NC(=O)C2CCCN2c2ccc(C=O)cc2)cc1. The molecule has 0 spiro atoms. The van der Waals surface area contributed by atoms with Crippen LogP contribution in [0.1, 0.15) is 28.8 Å². The van der Waals surface area contributed by atoms with Crippen molar-refractivity contribution in [3.8, 4) is 0 Å². The van der Waals surface area contributed by atoms with Crippen LogP contribution in [0.15, 0.2) is 48.5 Å². The van der Waals surface area contributed by atoms with Gasteiger partial charge in [-0.15, -0.1) is 0 Å². The van der Waals surface area contributed by atoms with E-state index in [4.69, 9.17) is 0 Å². The monoisotopic (exact) mass is 308 g/mol. The van der Waals surface area contributed by atoms with Crippen molar-refractivity contribution in [2.24, 2.45) is 0 Å². The van der Waals surface area contributed by atoms with Gasteiger partial charge in [-0.3, -0.25) is 9.59 Å². The Balaban J connectivity index is 1.73. The summed E-state index contributed by atoms with van der Waals surface area (Å²) in [4.78, 5) is 25.5. The summed E-state index contributed by atoms with van der Waals surface area (Å²) in [6.07, 6.45) is 2.66. The summed E-state index contributed by atoms with van der Waals surface area (Å²) in [6, 6.07) is 15.0. The molecule has 2 aromatic carbocycles. The average molecular weight is 308 g/mol. The number of hydrogen-bond donors (Lipinski definition) is 1. The van der Waals surface area contributed by atoms with E-state index in [9.17, 15) is 9.59 Å². The second-order valence-corrected chi connectivity index (χ2v) is 5.92. The van der Waals surface area contributed by atoms with Gasteiger partial charge in [0.1, 0.15) is 12.3 Å². The van der Waals surface area contributed by atoms with Gasteiger partial charge in [0.05, 0.1) is 0 Å². The summed E-state index contributed by atoms with van der Waals surface area (Å²) in [5, 5.41) is 3.00. The highest BCUT2D eigenvalue weighted by Gasteiger charge is 2.30. The molecule has 1 saturated heterocycles. The Kier molecular flexibility index (Phi) is 4.42. The van der Waals surface area contributed by atoms with Crippen molar-refractivity contribution >= 4 is 23.6 Å². The number of rotatable bonds is 4. The molecule has 0 aromatic heterocycles. The van der Waals surface area contributed by atoms with E-state index >= 15 is 0 Å². The lowest BCUT2D eigenvalue weighted by Crippen LogP contribution is -2.39. The van der Waals surface area contributed by atoms with Crippen LogP contribution in [0.2, 0.25) is 0 Å². The molecule has 2 aromatic rings. The minimum Gasteiger partial charge on any atom is -0.360 e. The van der Waals surface area contributed by atoms with E-state index in [-0.39, 0.29) is 11.9 Å². The predicted molar refractivity (Wildman–Crippen MR) is 92.0 cm³/mol. The van der Waals surface area contributed by atoms with Crippen molar-refractivity contribution in [2.75, 3.05) is 16.8 Å². The third-order valence-corrected chi connectivity index (χ3v) is 4.24. The Hall–Kier alpha value is -2.62. The maximum Gasteiger partial charge on any atom is 0.247 e. The molecule has 0 saturated carbocycles. The first kappa shape index (κ1) is 15.3. The number of aryl methyl sites for hydroxylation is 1. The molecule has 1 amide bonds. The highest BCUT2D eigenvalue weighted by molar-refractivity contribution is 5.97. The van der Waals surface area contributed by atoms with Crippen LogP contribution in [-0.4, -0.2) is 24.8 Å². The third kappa shape index (κ3) is 3.42. The fourth-order valence-electron chi connectivity index (χ4n) is 2.96. The Morgan fingerprint density at radius 1 is 1.13 bits per heavy atom. The molecule has 1 aliphatic heterocycles. The van der Waals surface area contributed by atoms with Gasteiger partial charge in [0.15, 0.2) is 0 Å². The Labute approximate surface area is 136 Å². The highest BCUT2D eigenvalue weighted by atomic mass is 16.2. The van der Waals surface area contributed by atoms with Crippen molar-refractivity contribution < 1.29 is 9.59 Å². The van der Waals surface area contributed by atoms with E-state index in [1.165, 1.54) is 5.56 Å². The fraction of sp³-hybridized carbons (Fsp3) is 0.263. The van der Waals surface area contributed by atoms with Gasteiger partial charge in [0.2, 0.25) is 5.91 Å². The number of aldehydes is 1. The number of hydrogen-bond acceptors (Lipinski definition) is 3. The zero-order valence-corrected chi connectivity index (χ0v) is 13.2. The largest absolute Gasteiger partial charge is 0.360 e. The molecule has 4 heteroatoms. The Morgan fingerprint density at radius 3 is 2.48 bits per heavy atom. The normalized spacial score (nSPS) is 17.1. The first-order valence-electron chi connectivity index (χ1n) is 7.87. The van der Waals surface area contributed by atoms with Gasteiger partial charge in [-0.25, -0.2) is 0 Å². The molecule has 0 bridgehead atoms. The van der Waals surface area contributed by atoms with Gasteiger partial charge in [-0.05, 0) is 56.2 Å². The van der Waals surface area contributed by atoms with Gasteiger partial charge in [-0.1, -0.05) is 17.7 Å². The van der Waals surface area contributed by atoms with Crippen molar-refractivity contribution in [1.29, 1.82) is 0 Å². The molecule has 1 unspecified atom stereocenters. The topological polar surface area (TPSA) is 49.4 Å². The molecule has 4 nitrogen and oxygen atoms in total. The summed E-state index contributed by atoms with van der Waals surface area (Å²) < 4.78 is 0. The maximum absolute atomic E-state index is 12.6. The number of nitrogens with one attached hydrogen (secondary N) is 1. The lowest BCUT2D eigenvalue weighted by atomic mass is 10.1. The smallest absolute Gasteiger partial charge is 0.247 e. The Morgan fingerprint density at radius 2 is 1.83 bits per heavy atom. The molecule has 1 aliphatic rings. The van der Waals surface area contributed by atoms with E-state index in [1.807, 2.05) is 43.3 Å². The fourth-order valence-corrected chi connectivity index (χ4v) is 2.96. The van der Waals surface area contributed by atoms with E-state index in [2.05, 4.69) is 10.2 Å². The maximum atomic E-state index is 12.6. The number of benzene rings is 2. The first-order valence-corrected chi connectivity index (χ1v) is 7.87. The number of carbonyl (C=O) groups excluding carboxylic acids is 2. The molecule has 3 rings (SSSR count). The molecule has 1 fully saturated rings. The summed E-state index contributed by atoms with van der Waals surface area (Å²) in [5.41, 5.74) is 3.62. The molecular weight excluding hydrogens is 288 g/mol. The molecule has 118 valence electrons. The van der Waals surface area contributed by atoms with Crippen LogP contribution in [0.4, 0.5) is 11.4 Å². The molecule has 0 aliphatic carbocycles. The number of carbonyl (C=O) groups is 2. The molecule has 1 heterocycles. The molecule has 1 atom stereocenters. The predicted octanol–water partition coefficient (Wildman–Crippen LogP) is 3.42. The van der Waals surface area contributed by atoms with Crippen molar-refractivity contribution in [2.45, 2.75) is 25.8 Å². The summed E-state index contributed by atoms with van der Waals surface area (Å²) in [6.45, 7) is 2.87. The van der Waals surface area contributed by atoms with E-state index in [1.54, 1.807) is 12.1 Å². The van der Waals surface area contributed by atoms with Crippen molar-refractivity contribution in [3.63, 3.8) is 0 Å². The lowest BCUT2D eigenvalue weighted by Gasteiger charge is -2.26. The number of anilines is 2. The van der Waals surface area contributed by atoms with Crippen LogP contribution in [0, 0.1) is 6.92 Å². The van der Waals surface area contributed by atoms with E-state index < -0.39 is 0 Å². The minimum atomic E-state index is -0.168. The second-order valence-electron chi connectivity index (χ2n) is 5.92. The molecule has 0 radical (unpaired) electrons.